The minimum atomic E-state index is -0.719. The number of benzene rings is 2. The number of nitrogens with one attached hydrogen (secondary N) is 2. The highest BCUT2D eigenvalue weighted by Crippen LogP contribution is 2.36. The van der Waals surface area contributed by atoms with Gasteiger partial charge in [-0.25, -0.2) is 0 Å². The van der Waals surface area contributed by atoms with Crippen LogP contribution in [0, 0.1) is 5.92 Å². The number of fused-ring (bicyclic) bond motifs is 1. The van der Waals surface area contributed by atoms with Gasteiger partial charge in [-0.05, 0) is 55.9 Å². The monoisotopic (exact) mass is 391 g/mol. The van der Waals surface area contributed by atoms with Crippen LogP contribution in [0.1, 0.15) is 43.4 Å². The summed E-state index contributed by atoms with van der Waals surface area (Å²) in [7, 11) is 0. The van der Waals surface area contributed by atoms with Crippen LogP contribution in [0.5, 0.6) is 0 Å². The third kappa shape index (κ3) is 4.31. The summed E-state index contributed by atoms with van der Waals surface area (Å²) in [5.41, 5.74) is 3.40. The smallest absolute Gasteiger partial charge is 0.313 e. The summed E-state index contributed by atoms with van der Waals surface area (Å²) in [4.78, 5) is 39.1. The SMILES string of the molecule is CC(NC(=O)C(=O)Nc1ccc2c(c1)N(C(=O)C1CC1)CCC2)c1ccccc1. The zero-order valence-corrected chi connectivity index (χ0v) is 16.5. The quantitative estimate of drug-likeness (QED) is 0.786. The van der Waals surface area contributed by atoms with Crippen molar-refractivity contribution in [3.63, 3.8) is 0 Å². The average Bonchev–Trinajstić information content (AvgIpc) is 3.58. The summed E-state index contributed by atoms with van der Waals surface area (Å²) >= 11 is 0. The molecular weight excluding hydrogens is 366 g/mol. The van der Waals surface area contributed by atoms with Gasteiger partial charge in [-0.2, -0.15) is 0 Å². The highest BCUT2D eigenvalue weighted by atomic mass is 16.2. The van der Waals surface area contributed by atoms with Gasteiger partial charge in [-0.1, -0.05) is 36.4 Å². The molecule has 0 radical (unpaired) electrons. The van der Waals surface area contributed by atoms with E-state index in [-0.39, 0.29) is 17.9 Å². The molecule has 1 fully saturated rings. The summed E-state index contributed by atoms with van der Waals surface area (Å²) in [5.74, 6) is -1.10. The molecule has 1 aliphatic carbocycles. The lowest BCUT2D eigenvalue weighted by molar-refractivity contribution is -0.136. The molecule has 150 valence electrons. The van der Waals surface area contributed by atoms with Crippen LogP contribution in [0.4, 0.5) is 11.4 Å². The first kappa shape index (κ1) is 19.2. The third-order valence-electron chi connectivity index (χ3n) is 5.51. The van der Waals surface area contributed by atoms with E-state index in [1.165, 1.54) is 0 Å². The molecule has 0 bridgehead atoms. The lowest BCUT2D eigenvalue weighted by Crippen LogP contribution is -2.38. The van der Waals surface area contributed by atoms with Crippen LogP contribution >= 0.6 is 0 Å². The summed E-state index contributed by atoms with van der Waals surface area (Å²) in [5, 5.41) is 5.38. The van der Waals surface area contributed by atoms with Crippen LogP contribution in [0.15, 0.2) is 48.5 Å². The Morgan fingerprint density at radius 1 is 1.03 bits per heavy atom. The summed E-state index contributed by atoms with van der Waals surface area (Å²) < 4.78 is 0. The van der Waals surface area contributed by atoms with E-state index in [0.29, 0.717) is 12.2 Å². The van der Waals surface area contributed by atoms with Crippen molar-refractivity contribution < 1.29 is 14.4 Å². The van der Waals surface area contributed by atoms with Gasteiger partial charge in [0, 0.05) is 23.8 Å². The largest absolute Gasteiger partial charge is 0.341 e. The van der Waals surface area contributed by atoms with E-state index in [2.05, 4.69) is 10.6 Å². The first-order valence-electron chi connectivity index (χ1n) is 10.1. The predicted octanol–water partition coefficient (Wildman–Crippen LogP) is 3.19. The van der Waals surface area contributed by atoms with Gasteiger partial charge in [0.2, 0.25) is 5.91 Å². The molecule has 0 saturated heterocycles. The number of anilines is 2. The minimum Gasteiger partial charge on any atom is -0.341 e. The molecular formula is C23H25N3O3. The van der Waals surface area contributed by atoms with Gasteiger partial charge >= 0.3 is 11.8 Å². The van der Waals surface area contributed by atoms with Gasteiger partial charge in [0.05, 0.1) is 6.04 Å². The highest BCUT2D eigenvalue weighted by molar-refractivity contribution is 6.39. The van der Waals surface area contributed by atoms with E-state index in [0.717, 1.165) is 42.5 Å². The van der Waals surface area contributed by atoms with Crippen LogP contribution in [0.2, 0.25) is 0 Å². The minimum absolute atomic E-state index is 0.143. The van der Waals surface area contributed by atoms with Crippen molar-refractivity contribution in [2.24, 2.45) is 5.92 Å². The second-order valence-electron chi connectivity index (χ2n) is 7.77. The highest BCUT2D eigenvalue weighted by Gasteiger charge is 2.35. The molecule has 1 aliphatic heterocycles. The molecule has 3 amide bonds. The summed E-state index contributed by atoms with van der Waals surface area (Å²) in [6.07, 6.45) is 3.77. The Hall–Kier alpha value is -3.15. The second kappa shape index (κ2) is 8.07. The number of nitrogens with zero attached hydrogens (tertiary/aromatic N) is 1. The molecule has 1 heterocycles. The van der Waals surface area contributed by atoms with E-state index in [1.54, 1.807) is 12.1 Å². The molecule has 6 nitrogen and oxygen atoms in total. The van der Waals surface area contributed by atoms with Crippen LogP contribution in [-0.2, 0) is 20.8 Å². The topological polar surface area (TPSA) is 78.5 Å². The van der Waals surface area contributed by atoms with Crippen molar-refractivity contribution in [1.29, 1.82) is 0 Å². The Morgan fingerprint density at radius 2 is 1.79 bits per heavy atom. The molecule has 29 heavy (non-hydrogen) atoms. The standard InChI is InChI=1S/C23H25N3O3/c1-15(16-6-3-2-4-7-16)24-21(27)22(28)25-19-12-11-17-8-5-13-26(20(17)14-19)23(29)18-9-10-18/h2-4,6-7,11-12,14-15,18H,5,8-10,13H2,1H3,(H,24,27)(H,25,28). The third-order valence-corrected chi connectivity index (χ3v) is 5.51. The maximum Gasteiger partial charge on any atom is 0.313 e. The predicted molar refractivity (Wildman–Crippen MR) is 111 cm³/mol. The first-order chi connectivity index (χ1) is 14.0. The number of carbonyl (C=O) groups is 3. The lowest BCUT2D eigenvalue weighted by Gasteiger charge is -2.30. The Bertz CT molecular complexity index is 938. The lowest BCUT2D eigenvalue weighted by atomic mass is 10.0. The average molecular weight is 391 g/mol. The fourth-order valence-corrected chi connectivity index (χ4v) is 3.71. The summed E-state index contributed by atoms with van der Waals surface area (Å²) in [6.45, 7) is 2.54. The van der Waals surface area contributed by atoms with Gasteiger partial charge in [0.15, 0.2) is 0 Å². The fourth-order valence-electron chi connectivity index (χ4n) is 3.71. The zero-order valence-electron chi connectivity index (χ0n) is 16.5. The second-order valence-corrected chi connectivity index (χ2v) is 7.77. The Kier molecular flexibility index (Phi) is 5.34. The van der Waals surface area contributed by atoms with Crippen molar-refractivity contribution in [2.45, 2.75) is 38.6 Å². The van der Waals surface area contributed by atoms with Crippen LogP contribution in [-0.4, -0.2) is 24.3 Å². The Morgan fingerprint density at radius 3 is 2.52 bits per heavy atom. The number of aryl methyl sites for hydroxylation is 1. The van der Waals surface area contributed by atoms with Gasteiger partial charge in [-0.3, -0.25) is 14.4 Å². The molecule has 0 spiro atoms. The fraction of sp³-hybridized carbons (Fsp3) is 0.348. The normalized spacial score (nSPS) is 16.5. The molecule has 2 N–H and O–H groups in total. The maximum atomic E-state index is 12.6. The van der Waals surface area contributed by atoms with E-state index in [1.807, 2.05) is 48.2 Å². The number of rotatable bonds is 4. The van der Waals surface area contributed by atoms with Crippen molar-refractivity contribution in [3.05, 3.63) is 59.7 Å². The molecule has 0 aromatic heterocycles. The van der Waals surface area contributed by atoms with E-state index < -0.39 is 11.8 Å². The zero-order chi connectivity index (χ0) is 20.4. The molecule has 2 aromatic rings. The van der Waals surface area contributed by atoms with E-state index in [9.17, 15) is 14.4 Å². The van der Waals surface area contributed by atoms with E-state index in [4.69, 9.17) is 0 Å². The van der Waals surface area contributed by atoms with Crippen LogP contribution < -0.4 is 15.5 Å². The van der Waals surface area contributed by atoms with Crippen molar-refractivity contribution in [2.75, 3.05) is 16.8 Å². The molecule has 2 aliphatic rings. The van der Waals surface area contributed by atoms with Gasteiger partial charge in [-0.15, -0.1) is 0 Å². The first-order valence-corrected chi connectivity index (χ1v) is 10.1. The molecule has 2 aromatic carbocycles. The Balaban J connectivity index is 1.44. The van der Waals surface area contributed by atoms with Crippen LogP contribution in [0.25, 0.3) is 0 Å². The van der Waals surface area contributed by atoms with Gasteiger partial charge < -0.3 is 15.5 Å². The number of amides is 3. The van der Waals surface area contributed by atoms with Crippen molar-refractivity contribution >= 4 is 29.1 Å². The number of hydrogen-bond donors (Lipinski definition) is 2. The number of hydrogen-bond acceptors (Lipinski definition) is 3. The summed E-state index contributed by atoms with van der Waals surface area (Å²) in [6, 6.07) is 14.7. The molecule has 4 rings (SSSR count). The molecule has 1 saturated carbocycles. The number of carbonyl (C=O) groups excluding carboxylic acids is 3. The van der Waals surface area contributed by atoms with Gasteiger partial charge in [0.25, 0.3) is 0 Å². The van der Waals surface area contributed by atoms with Crippen molar-refractivity contribution in [1.82, 2.24) is 5.32 Å². The van der Waals surface area contributed by atoms with E-state index >= 15 is 0 Å². The molecule has 6 heteroatoms. The Labute approximate surface area is 170 Å². The maximum absolute atomic E-state index is 12.6. The van der Waals surface area contributed by atoms with Crippen molar-refractivity contribution in [3.8, 4) is 0 Å². The molecule has 1 atom stereocenters. The van der Waals surface area contributed by atoms with Crippen LogP contribution in [0.3, 0.4) is 0 Å². The van der Waals surface area contributed by atoms with Gasteiger partial charge in [0.1, 0.15) is 0 Å². The molecule has 1 unspecified atom stereocenters.